The Bertz CT molecular complexity index is 1110. The van der Waals surface area contributed by atoms with Crippen LogP contribution in [0.15, 0.2) is 42.0 Å². The van der Waals surface area contributed by atoms with Crippen molar-refractivity contribution in [3.63, 3.8) is 0 Å². The first kappa shape index (κ1) is 21.2. The van der Waals surface area contributed by atoms with E-state index in [0.717, 1.165) is 11.3 Å². The van der Waals surface area contributed by atoms with Crippen LogP contribution < -0.4 is 29.2 Å². The predicted octanol–water partition coefficient (Wildman–Crippen LogP) is 3.27. The van der Waals surface area contributed by atoms with Crippen molar-refractivity contribution < 1.29 is 33.3 Å². The number of ether oxygens (including phenoxy) is 4. The molecule has 2 aromatic carbocycles. The number of rotatable bonds is 7. The third kappa shape index (κ3) is 4.09. The van der Waals surface area contributed by atoms with Crippen LogP contribution in [-0.4, -0.2) is 37.9 Å². The van der Waals surface area contributed by atoms with Crippen molar-refractivity contribution in [2.45, 2.75) is 20.3 Å². The minimum atomic E-state index is -0.840. The number of anilines is 1. The summed E-state index contributed by atoms with van der Waals surface area (Å²) >= 11 is 0. The molecule has 2 aliphatic heterocycles. The van der Waals surface area contributed by atoms with Crippen molar-refractivity contribution in [2.24, 2.45) is 0 Å². The summed E-state index contributed by atoms with van der Waals surface area (Å²) in [6.45, 7) is 4.78. The van der Waals surface area contributed by atoms with E-state index in [4.69, 9.17) is 18.9 Å². The van der Waals surface area contributed by atoms with E-state index >= 15 is 0 Å². The number of carbonyl (C=O) groups excluding carboxylic acids is 3. The van der Waals surface area contributed by atoms with Crippen LogP contribution in [0.4, 0.5) is 10.5 Å². The van der Waals surface area contributed by atoms with Gasteiger partial charge in [0.1, 0.15) is 5.57 Å². The molecule has 2 aromatic rings. The third-order valence-corrected chi connectivity index (χ3v) is 4.76. The first-order valence-electron chi connectivity index (χ1n) is 10.2. The number of urea groups is 1. The van der Waals surface area contributed by atoms with E-state index in [1.165, 1.54) is 6.08 Å². The number of fused-ring (bicyclic) bond motifs is 1. The first-order valence-corrected chi connectivity index (χ1v) is 10.2. The molecule has 2 heterocycles. The van der Waals surface area contributed by atoms with Gasteiger partial charge in [-0.25, -0.2) is 9.69 Å². The lowest BCUT2D eigenvalue weighted by atomic mass is 10.1. The first-order chi connectivity index (χ1) is 15.5. The van der Waals surface area contributed by atoms with E-state index < -0.39 is 17.8 Å². The molecule has 0 radical (unpaired) electrons. The lowest BCUT2D eigenvalue weighted by molar-refractivity contribution is -0.122. The second kappa shape index (κ2) is 9.01. The Hall–Kier alpha value is -4.01. The van der Waals surface area contributed by atoms with E-state index in [1.54, 1.807) is 36.4 Å². The molecule has 1 saturated heterocycles. The number of hydrogen-bond acceptors (Lipinski definition) is 7. The van der Waals surface area contributed by atoms with E-state index in [0.29, 0.717) is 41.8 Å². The second-order valence-corrected chi connectivity index (χ2v) is 6.98. The van der Waals surface area contributed by atoms with Crippen molar-refractivity contribution in [2.75, 3.05) is 24.9 Å². The maximum atomic E-state index is 13.2. The minimum Gasteiger partial charge on any atom is -0.490 e. The molecule has 0 atom stereocenters. The minimum absolute atomic E-state index is 0.108. The van der Waals surface area contributed by atoms with Crippen molar-refractivity contribution in [3.05, 3.63) is 47.5 Å². The van der Waals surface area contributed by atoms with Gasteiger partial charge >= 0.3 is 6.03 Å². The van der Waals surface area contributed by atoms with Crippen LogP contribution in [0.5, 0.6) is 23.0 Å². The molecule has 0 unspecified atom stereocenters. The van der Waals surface area contributed by atoms with Crippen LogP contribution in [0.25, 0.3) is 6.08 Å². The fourth-order valence-electron chi connectivity index (χ4n) is 3.30. The monoisotopic (exact) mass is 438 g/mol. The van der Waals surface area contributed by atoms with E-state index in [2.05, 4.69) is 5.32 Å². The van der Waals surface area contributed by atoms with E-state index in [-0.39, 0.29) is 18.1 Å². The number of imide groups is 2. The quantitative estimate of drug-likeness (QED) is 0.523. The van der Waals surface area contributed by atoms with Crippen LogP contribution in [0.2, 0.25) is 0 Å². The maximum Gasteiger partial charge on any atom is 0.335 e. The maximum absolute atomic E-state index is 13.2. The standard InChI is InChI=1S/C23H22N2O7/c1-3-9-30-17-8-6-15(12-20(17)29-4-2)25-22(27)16(21(26)24-23(25)28)10-14-5-7-18-19(11-14)32-13-31-18/h5-8,10-12H,3-4,9,13H2,1-2H3,(H,24,26,28)/b16-10+. The lowest BCUT2D eigenvalue weighted by Gasteiger charge is -2.27. The zero-order valence-corrected chi connectivity index (χ0v) is 17.7. The molecule has 32 heavy (non-hydrogen) atoms. The van der Waals surface area contributed by atoms with Gasteiger partial charge < -0.3 is 18.9 Å². The molecular weight excluding hydrogens is 416 g/mol. The van der Waals surface area contributed by atoms with Crippen LogP contribution in [0.3, 0.4) is 0 Å². The normalized spacial score (nSPS) is 16.4. The number of carbonyl (C=O) groups is 3. The molecule has 2 aliphatic rings. The molecule has 0 aromatic heterocycles. The Balaban J connectivity index is 1.67. The van der Waals surface area contributed by atoms with Crippen molar-refractivity contribution in [1.29, 1.82) is 0 Å². The zero-order chi connectivity index (χ0) is 22.7. The summed E-state index contributed by atoms with van der Waals surface area (Å²) in [5.41, 5.74) is 0.622. The van der Waals surface area contributed by atoms with Crippen LogP contribution in [-0.2, 0) is 9.59 Å². The van der Waals surface area contributed by atoms with Crippen molar-refractivity contribution >= 4 is 29.6 Å². The highest BCUT2D eigenvalue weighted by atomic mass is 16.7. The summed E-state index contributed by atoms with van der Waals surface area (Å²) in [6.07, 6.45) is 2.22. The number of nitrogens with one attached hydrogen (secondary N) is 1. The average Bonchev–Trinajstić information content (AvgIpc) is 3.24. The van der Waals surface area contributed by atoms with Crippen molar-refractivity contribution in [3.8, 4) is 23.0 Å². The topological polar surface area (TPSA) is 103 Å². The van der Waals surface area contributed by atoms with Gasteiger partial charge in [-0.15, -0.1) is 0 Å². The number of hydrogen-bond donors (Lipinski definition) is 1. The molecule has 4 rings (SSSR count). The van der Waals surface area contributed by atoms with Crippen molar-refractivity contribution in [1.82, 2.24) is 5.32 Å². The van der Waals surface area contributed by atoms with Gasteiger partial charge in [-0.05, 0) is 49.2 Å². The number of amides is 4. The Morgan fingerprint density at radius 3 is 2.59 bits per heavy atom. The summed E-state index contributed by atoms with van der Waals surface area (Å²) in [5, 5.41) is 2.21. The second-order valence-electron chi connectivity index (χ2n) is 6.98. The number of barbiturate groups is 1. The summed E-state index contributed by atoms with van der Waals surface area (Å²) in [5.74, 6) is 0.479. The fourth-order valence-corrected chi connectivity index (χ4v) is 3.30. The Labute approximate surface area is 184 Å². The molecular formula is C23H22N2O7. The highest BCUT2D eigenvalue weighted by Crippen LogP contribution is 2.35. The summed E-state index contributed by atoms with van der Waals surface area (Å²) in [6, 6.07) is 8.94. The lowest BCUT2D eigenvalue weighted by Crippen LogP contribution is -2.54. The van der Waals surface area contributed by atoms with Gasteiger partial charge in [0, 0.05) is 6.07 Å². The molecule has 0 spiro atoms. The number of benzene rings is 2. The fraction of sp³-hybridized carbons (Fsp3) is 0.261. The van der Waals surface area contributed by atoms with Gasteiger partial charge in [0.15, 0.2) is 23.0 Å². The van der Waals surface area contributed by atoms with Gasteiger partial charge in [0.2, 0.25) is 6.79 Å². The molecule has 0 aliphatic carbocycles. The molecule has 4 amide bonds. The van der Waals surface area contributed by atoms with E-state index in [1.807, 2.05) is 13.8 Å². The Morgan fingerprint density at radius 2 is 1.81 bits per heavy atom. The van der Waals surface area contributed by atoms with Crippen LogP contribution in [0.1, 0.15) is 25.8 Å². The smallest absolute Gasteiger partial charge is 0.335 e. The highest BCUT2D eigenvalue weighted by Gasteiger charge is 2.37. The summed E-state index contributed by atoms with van der Waals surface area (Å²) in [4.78, 5) is 39.0. The molecule has 1 N–H and O–H groups in total. The average molecular weight is 438 g/mol. The molecule has 166 valence electrons. The molecule has 9 nitrogen and oxygen atoms in total. The largest absolute Gasteiger partial charge is 0.490 e. The van der Waals surface area contributed by atoms with Gasteiger partial charge in [0.25, 0.3) is 11.8 Å². The van der Waals surface area contributed by atoms with Gasteiger partial charge in [-0.1, -0.05) is 13.0 Å². The zero-order valence-electron chi connectivity index (χ0n) is 17.7. The summed E-state index contributed by atoms with van der Waals surface area (Å²) in [7, 11) is 0. The van der Waals surface area contributed by atoms with Gasteiger partial charge in [-0.2, -0.15) is 0 Å². The number of nitrogens with zero attached hydrogens (tertiary/aromatic N) is 1. The predicted molar refractivity (Wildman–Crippen MR) is 115 cm³/mol. The SMILES string of the molecule is CCCOc1ccc(N2C(=O)NC(=O)/C(=C\c3ccc4c(c3)OCO4)C2=O)cc1OCC. The molecule has 0 bridgehead atoms. The Kier molecular flexibility index (Phi) is 5.98. The van der Waals surface area contributed by atoms with Gasteiger partial charge in [-0.3, -0.25) is 14.9 Å². The Morgan fingerprint density at radius 1 is 1.00 bits per heavy atom. The third-order valence-electron chi connectivity index (χ3n) is 4.76. The molecule has 9 heteroatoms. The molecule has 0 saturated carbocycles. The van der Waals surface area contributed by atoms with E-state index in [9.17, 15) is 14.4 Å². The highest BCUT2D eigenvalue weighted by molar-refractivity contribution is 6.39. The molecule has 1 fully saturated rings. The van der Waals surface area contributed by atoms with Crippen LogP contribution >= 0.6 is 0 Å². The summed E-state index contributed by atoms with van der Waals surface area (Å²) < 4.78 is 21.9. The van der Waals surface area contributed by atoms with Crippen LogP contribution in [0, 0.1) is 0 Å². The van der Waals surface area contributed by atoms with Gasteiger partial charge in [0.05, 0.1) is 18.9 Å².